The molecule has 284 valence electrons. The number of hydrogen-bond acceptors (Lipinski definition) is 3. The monoisotopic (exact) mass is 767 g/mol. The van der Waals surface area contributed by atoms with Gasteiger partial charge in [0, 0.05) is 27.5 Å². The molecule has 0 aliphatic heterocycles. The second kappa shape index (κ2) is 12.6. The predicted octanol–water partition coefficient (Wildman–Crippen LogP) is 14.6. The summed E-state index contributed by atoms with van der Waals surface area (Å²) in [5, 5.41) is 7.53. The number of hydrogen-bond donors (Lipinski definition) is 0. The van der Waals surface area contributed by atoms with E-state index in [0.29, 0.717) is 17.5 Å². The van der Waals surface area contributed by atoms with Gasteiger partial charge in [-0.15, -0.1) is 0 Å². The third kappa shape index (κ3) is 4.99. The normalized spacial score (nSPS) is 14.3. The third-order valence-electron chi connectivity index (χ3n) is 13.5. The summed E-state index contributed by atoms with van der Waals surface area (Å²) in [6.45, 7) is 9.40. The summed E-state index contributed by atoms with van der Waals surface area (Å²) in [6.07, 6.45) is 0. The lowest BCUT2D eigenvalue weighted by molar-refractivity contribution is 0.660. The Morgan fingerprint density at radius 1 is 0.300 bits per heavy atom. The molecule has 0 unspecified atom stereocenters. The van der Waals surface area contributed by atoms with Crippen LogP contribution in [0, 0.1) is 0 Å². The van der Waals surface area contributed by atoms with Crippen LogP contribution in [0.2, 0.25) is 0 Å². The standard InChI is InChI=1S/C57H41N3/c1-56(2)48-23-12-10-20-41(48)43-28-26-38(33-50(43)56)55-59-53(36-18-14-17-35(31-36)34-15-6-5-7-16-34)58-54(60-55)37-25-27-40-45-29-30-46-42-21-11-13-24-49(42)57(3,4)52(46)51(45)44-22-9-8-19-39(44)47(40)32-37/h5-33H,1-4H3. The molecule has 0 radical (unpaired) electrons. The zero-order valence-electron chi connectivity index (χ0n) is 34.1. The Hall–Kier alpha value is -7.23. The van der Waals surface area contributed by atoms with Crippen molar-refractivity contribution in [1.82, 2.24) is 15.0 Å². The molecule has 9 aromatic carbocycles. The molecule has 1 aromatic heterocycles. The highest BCUT2D eigenvalue weighted by molar-refractivity contribution is 6.28. The van der Waals surface area contributed by atoms with Crippen molar-refractivity contribution < 1.29 is 0 Å². The predicted molar refractivity (Wildman–Crippen MR) is 249 cm³/mol. The number of benzene rings is 9. The van der Waals surface area contributed by atoms with Gasteiger partial charge in [-0.3, -0.25) is 0 Å². The highest BCUT2D eigenvalue weighted by atomic mass is 15.0. The molecule has 0 N–H and O–H groups in total. The van der Waals surface area contributed by atoms with E-state index in [1.54, 1.807) is 0 Å². The van der Waals surface area contributed by atoms with Crippen LogP contribution in [0.25, 0.3) is 99.9 Å². The molecule has 60 heavy (non-hydrogen) atoms. The summed E-state index contributed by atoms with van der Waals surface area (Å²) in [4.78, 5) is 15.9. The van der Waals surface area contributed by atoms with Gasteiger partial charge >= 0.3 is 0 Å². The number of nitrogens with zero attached hydrogens (tertiary/aromatic N) is 3. The van der Waals surface area contributed by atoms with E-state index >= 15 is 0 Å². The van der Waals surface area contributed by atoms with Gasteiger partial charge in [0.25, 0.3) is 0 Å². The summed E-state index contributed by atoms with van der Waals surface area (Å²) in [5.74, 6) is 1.96. The van der Waals surface area contributed by atoms with Gasteiger partial charge in [-0.2, -0.15) is 0 Å². The Bertz CT molecular complexity index is 3410. The maximum Gasteiger partial charge on any atom is 0.164 e. The fraction of sp³-hybridized carbons (Fsp3) is 0.105. The van der Waals surface area contributed by atoms with Crippen molar-refractivity contribution >= 4 is 32.3 Å². The van der Waals surface area contributed by atoms with Crippen LogP contribution in [0.15, 0.2) is 176 Å². The minimum atomic E-state index is -0.148. The average molecular weight is 768 g/mol. The van der Waals surface area contributed by atoms with Gasteiger partial charge in [-0.25, -0.2) is 15.0 Å². The van der Waals surface area contributed by atoms with Crippen molar-refractivity contribution in [2.75, 3.05) is 0 Å². The molecule has 3 heteroatoms. The Morgan fingerprint density at radius 2 is 0.783 bits per heavy atom. The van der Waals surface area contributed by atoms with Crippen molar-refractivity contribution in [3.63, 3.8) is 0 Å². The molecule has 0 spiro atoms. The first-order chi connectivity index (χ1) is 29.3. The molecule has 1 heterocycles. The Labute approximate surface area is 350 Å². The van der Waals surface area contributed by atoms with Crippen molar-refractivity contribution in [1.29, 1.82) is 0 Å². The molecule has 12 rings (SSSR count). The van der Waals surface area contributed by atoms with E-state index in [9.17, 15) is 0 Å². The van der Waals surface area contributed by atoms with Gasteiger partial charge in [0.15, 0.2) is 17.5 Å². The molecular weight excluding hydrogens is 727 g/mol. The van der Waals surface area contributed by atoms with Crippen molar-refractivity contribution in [3.05, 3.63) is 198 Å². The second-order valence-corrected chi connectivity index (χ2v) is 17.6. The summed E-state index contributed by atoms with van der Waals surface area (Å²) in [5.41, 5.74) is 15.6. The Balaban J connectivity index is 1.07. The van der Waals surface area contributed by atoms with Crippen LogP contribution in [0.4, 0.5) is 0 Å². The Morgan fingerprint density at radius 3 is 1.53 bits per heavy atom. The summed E-state index contributed by atoms with van der Waals surface area (Å²) < 4.78 is 0. The molecule has 2 aliphatic carbocycles. The molecule has 0 amide bonds. The average Bonchev–Trinajstić information content (AvgIpc) is 3.68. The summed E-state index contributed by atoms with van der Waals surface area (Å²) >= 11 is 0. The van der Waals surface area contributed by atoms with E-state index in [2.05, 4.69) is 204 Å². The second-order valence-electron chi connectivity index (χ2n) is 17.6. The van der Waals surface area contributed by atoms with Gasteiger partial charge < -0.3 is 0 Å². The molecule has 3 nitrogen and oxygen atoms in total. The van der Waals surface area contributed by atoms with E-state index in [-0.39, 0.29) is 10.8 Å². The van der Waals surface area contributed by atoms with Crippen molar-refractivity contribution in [3.8, 4) is 67.5 Å². The van der Waals surface area contributed by atoms with Gasteiger partial charge in [-0.1, -0.05) is 185 Å². The first-order valence-corrected chi connectivity index (χ1v) is 20.9. The van der Waals surface area contributed by atoms with Gasteiger partial charge in [0.2, 0.25) is 0 Å². The topological polar surface area (TPSA) is 38.7 Å². The first-order valence-electron chi connectivity index (χ1n) is 20.9. The minimum Gasteiger partial charge on any atom is -0.208 e. The van der Waals surface area contributed by atoms with Crippen molar-refractivity contribution in [2.45, 2.75) is 38.5 Å². The third-order valence-corrected chi connectivity index (χ3v) is 13.5. The molecule has 0 saturated carbocycles. The quantitative estimate of drug-likeness (QED) is 0.167. The lowest BCUT2D eigenvalue weighted by atomic mass is 9.78. The molecular formula is C57H41N3. The lowest BCUT2D eigenvalue weighted by Gasteiger charge is -2.24. The minimum absolute atomic E-state index is 0.132. The van der Waals surface area contributed by atoms with Crippen LogP contribution in [-0.4, -0.2) is 15.0 Å². The maximum absolute atomic E-state index is 5.32. The fourth-order valence-electron chi connectivity index (χ4n) is 10.5. The number of rotatable bonds is 4. The number of aromatic nitrogens is 3. The highest BCUT2D eigenvalue weighted by Crippen LogP contribution is 2.54. The fourth-order valence-corrected chi connectivity index (χ4v) is 10.5. The van der Waals surface area contributed by atoms with E-state index in [0.717, 1.165) is 27.8 Å². The van der Waals surface area contributed by atoms with Gasteiger partial charge in [-0.05, 0) is 106 Å². The molecule has 2 aliphatic rings. The Kier molecular flexibility index (Phi) is 7.32. The van der Waals surface area contributed by atoms with Crippen LogP contribution >= 0.6 is 0 Å². The largest absolute Gasteiger partial charge is 0.208 e. The maximum atomic E-state index is 5.32. The van der Waals surface area contributed by atoms with Gasteiger partial charge in [0.05, 0.1) is 0 Å². The molecule has 0 saturated heterocycles. The van der Waals surface area contributed by atoms with Crippen LogP contribution in [0.1, 0.15) is 49.9 Å². The zero-order chi connectivity index (χ0) is 40.3. The smallest absolute Gasteiger partial charge is 0.164 e. The van der Waals surface area contributed by atoms with Crippen LogP contribution < -0.4 is 0 Å². The van der Waals surface area contributed by atoms with Crippen LogP contribution in [-0.2, 0) is 10.8 Å². The summed E-state index contributed by atoms with van der Waals surface area (Å²) in [7, 11) is 0. The molecule has 10 aromatic rings. The van der Waals surface area contributed by atoms with Crippen LogP contribution in [0.5, 0.6) is 0 Å². The van der Waals surface area contributed by atoms with E-state index in [1.807, 2.05) is 0 Å². The van der Waals surface area contributed by atoms with Gasteiger partial charge in [0.1, 0.15) is 0 Å². The molecule has 0 fully saturated rings. The molecule has 0 atom stereocenters. The highest BCUT2D eigenvalue weighted by Gasteiger charge is 2.38. The van der Waals surface area contributed by atoms with Crippen molar-refractivity contribution in [2.24, 2.45) is 0 Å². The lowest BCUT2D eigenvalue weighted by Crippen LogP contribution is -2.15. The zero-order valence-corrected chi connectivity index (χ0v) is 34.1. The number of fused-ring (bicyclic) bond motifs is 13. The van der Waals surface area contributed by atoms with E-state index in [4.69, 9.17) is 15.0 Å². The first kappa shape index (κ1) is 34.8. The van der Waals surface area contributed by atoms with E-state index in [1.165, 1.54) is 76.8 Å². The SMILES string of the molecule is CC1(C)c2ccccc2-c2ccc(-c3nc(-c4cccc(-c5ccccc5)c4)nc(-c4ccc5c(c4)c4ccccc4c4c6c(ccc54)-c4ccccc4C6(C)C)n3)cc21. The summed E-state index contributed by atoms with van der Waals surface area (Å²) in [6, 6.07) is 63.9. The van der Waals surface area contributed by atoms with E-state index < -0.39 is 0 Å². The molecule has 0 bridgehead atoms. The van der Waals surface area contributed by atoms with Crippen LogP contribution in [0.3, 0.4) is 0 Å².